The van der Waals surface area contributed by atoms with Gasteiger partial charge in [0, 0.05) is 32.9 Å². The summed E-state index contributed by atoms with van der Waals surface area (Å²) in [6.07, 6.45) is 8.83. The molecule has 8 nitrogen and oxygen atoms in total. The van der Waals surface area contributed by atoms with Gasteiger partial charge in [-0.15, -0.1) is 0 Å². The van der Waals surface area contributed by atoms with Gasteiger partial charge in [0.25, 0.3) is 0 Å². The second-order valence-electron chi connectivity index (χ2n) is 7.86. The van der Waals surface area contributed by atoms with E-state index < -0.39 is 0 Å². The highest BCUT2D eigenvalue weighted by molar-refractivity contribution is 9.11. The van der Waals surface area contributed by atoms with Gasteiger partial charge in [0.2, 0.25) is 11.8 Å². The van der Waals surface area contributed by atoms with E-state index in [-0.39, 0.29) is 23.3 Å². The van der Waals surface area contributed by atoms with Gasteiger partial charge in [-0.05, 0) is 69.0 Å². The Bertz CT molecular complexity index is 1040. The maximum absolute atomic E-state index is 11.9. The summed E-state index contributed by atoms with van der Waals surface area (Å²) in [4.78, 5) is 23.8. The molecule has 0 fully saturated rings. The smallest absolute Gasteiger partial charge is 0.240 e. The van der Waals surface area contributed by atoms with Gasteiger partial charge in [-0.1, -0.05) is 57.5 Å². The van der Waals surface area contributed by atoms with Crippen molar-refractivity contribution in [1.82, 2.24) is 10.9 Å². The third-order valence-corrected chi connectivity index (χ3v) is 7.08. The molecule has 194 valence electrons. The monoisotopic (exact) mass is 750 g/mol. The number of halogens is 4. The Kier molecular flexibility index (Phi) is 13.7. The summed E-state index contributed by atoms with van der Waals surface area (Å²) in [5.74, 6) is -0.257. The molecule has 0 saturated carbocycles. The van der Waals surface area contributed by atoms with Crippen LogP contribution < -0.4 is 10.9 Å². The highest BCUT2D eigenvalue weighted by atomic mass is 79.9. The van der Waals surface area contributed by atoms with Gasteiger partial charge in [0.15, 0.2) is 0 Å². The largest absolute Gasteiger partial charge is 0.506 e. The fourth-order valence-corrected chi connectivity index (χ4v) is 5.62. The maximum atomic E-state index is 11.9. The highest BCUT2D eigenvalue weighted by Crippen LogP contribution is 2.31. The van der Waals surface area contributed by atoms with E-state index in [0.29, 0.717) is 32.9 Å². The first-order valence-corrected chi connectivity index (χ1v) is 14.3. The number of hydrogen-bond donors (Lipinski definition) is 4. The van der Waals surface area contributed by atoms with Gasteiger partial charge in [-0.3, -0.25) is 9.59 Å². The van der Waals surface area contributed by atoms with Gasteiger partial charge in [-0.2, -0.15) is 10.2 Å². The van der Waals surface area contributed by atoms with Crippen molar-refractivity contribution in [3.05, 3.63) is 53.3 Å². The minimum Gasteiger partial charge on any atom is -0.506 e. The molecule has 36 heavy (non-hydrogen) atoms. The number of amides is 2. The first-order valence-electron chi connectivity index (χ1n) is 11.2. The summed E-state index contributed by atoms with van der Waals surface area (Å²) in [6.45, 7) is 0. The number of carbonyl (C=O) groups is 2. The predicted molar refractivity (Wildman–Crippen MR) is 155 cm³/mol. The van der Waals surface area contributed by atoms with Gasteiger partial charge < -0.3 is 10.2 Å². The molecule has 0 aromatic heterocycles. The van der Waals surface area contributed by atoms with Crippen LogP contribution in [0.1, 0.15) is 62.5 Å². The fraction of sp³-hybridized carbons (Fsp3) is 0.333. The Labute approximate surface area is 243 Å². The zero-order valence-corrected chi connectivity index (χ0v) is 25.6. The topological polar surface area (TPSA) is 123 Å². The van der Waals surface area contributed by atoms with E-state index in [0.717, 1.165) is 47.5 Å². The summed E-state index contributed by atoms with van der Waals surface area (Å²) in [5.41, 5.74) is 5.90. The van der Waals surface area contributed by atoms with Crippen LogP contribution in [0, 0.1) is 0 Å². The van der Waals surface area contributed by atoms with Crippen molar-refractivity contribution in [2.45, 2.75) is 51.4 Å². The van der Waals surface area contributed by atoms with Crippen LogP contribution in [-0.2, 0) is 9.59 Å². The van der Waals surface area contributed by atoms with Crippen LogP contribution in [0.5, 0.6) is 11.5 Å². The normalized spacial score (nSPS) is 11.3. The van der Waals surface area contributed by atoms with Crippen molar-refractivity contribution in [3.8, 4) is 11.5 Å². The molecule has 2 aromatic carbocycles. The molecule has 0 unspecified atom stereocenters. The number of hydrazone groups is 2. The molecule has 0 saturated heterocycles. The molecule has 0 aliphatic heterocycles. The second-order valence-corrected chi connectivity index (χ2v) is 11.4. The van der Waals surface area contributed by atoms with Crippen LogP contribution >= 0.6 is 63.7 Å². The second kappa shape index (κ2) is 16.2. The molecule has 0 heterocycles. The zero-order valence-electron chi connectivity index (χ0n) is 19.2. The van der Waals surface area contributed by atoms with Crippen molar-refractivity contribution in [3.63, 3.8) is 0 Å². The zero-order chi connectivity index (χ0) is 26.5. The van der Waals surface area contributed by atoms with Gasteiger partial charge in [0.05, 0.1) is 21.4 Å². The molecule has 0 aliphatic carbocycles. The minimum atomic E-state index is -0.180. The van der Waals surface area contributed by atoms with Crippen LogP contribution in [0.3, 0.4) is 0 Å². The Morgan fingerprint density at radius 3 is 1.42 bits per heavy atom. The van der Waals surface area contributed by atoms with E-state index in [1.807, 2.05) is 0 Å². The SMILES string of the molecule is O=C(CCCCCCCCC(=O)NN=Cc1cc(Br)cc(Br)c1O)NN=Cc1cc(Br)cc(Br)c1O. The van der Waals surface area contributed by atoms with Crippen molar-refractivity contribution in [2.75, 3.05) is 0 Å². The van der Waals surface area contributed by atoms with E-state index in [2.05, 4.69) is 84.8 Å². The maximum Gasteiger partial charge on any atom is 0.240 e. The molecular weight excluding hydrogens is 728 g/mol. The number of phenolic OH excluding ortho intramolecular Hbond substituents is 2. The lowest BCUT2D eigenvalue weighted by atomic mass is 10.1. The Morgan fingerprint density at radius 2 is 1.03 bits per heavy atom. The summed E-state index contributed by atoms with van der Waals surface area (Å²) < 4.78 is 2.62. The number of benzene rings is 2. The summed E-state index contributed by atoms with van der Waals surface area (Å²) in [5, 5.41) is 27.8. The lowest BCUT2D eigenvalue weighted by Crippen LogP contribution is -2.17. The number of unbranched alkanes of at least 4 members (excludes halogenated alkanes) is 5. The first-order chi connectivity index (χ1) is 17.2. The summed E-state index contributed by atoms with van der Waals surface area (Å²) >= 11 is 13.2. The van der Waals surface area contributed by atoms with E-state index in [4.69, 9.17) is 0 Å². The predicted octanol–water partition coefficient (Wildman–Crippen LogP) is 6.87. The standard InChI is InChI=1S/C24H26Br4N4O4/c25-17-9-15(23(35)19(27)11-17)13-29-31-21(33)7-5-3-1-2-4-6-8-22(34)32-30-14-16-10-18(26)12-20(28)24(16)36/h9-14,35-36H,1-8H2,(H,31,33)(H,32,34). The first kappa shape index (κ1) is 30.5. The molecule has 0 spiro atoms. The van der Waals surface area contributed by atoms with Gasteiger partial charge in [0.1, 0.15) is 11.5 Å². The highest BCUT2D eigenvalue weighted by Gasteiger charge is 2.07. The molecule has 0 radical (unpaired) electrons. The van der Waals surface area contributed by atoms with E-state index >= 15 is 0 Å². The molecule has 0 bridgehead atoms. The Morgan fingerprint density at radius 1 is 0.667 bits per heavy atom. The fourth-order valence-electron chi connectivity index (χ4n) is 3.11. The van der Waals surface area contributed by atoms with Crippen LogP contribution in [0.2, 0.25) is 0 Å². The number of hydrogen-bond acceptors (Lipinski definition) is 6. The molecule has 2 aromatic rings. The third kappa shape index (κ3) is 11.1. The quantitative estimate of drug-likeness (QED) is 0.101. The summed E-state index contributed by atoms with van der Waals surface area (Å²) in [6, 6.07) is 6.82. The number of nitrogens with one attached hydrogen (secondary N) is 2. The van der Waals surface area contributed by atoms with Gasteiger partial charge in [-0.25, -0.2) is 10.9 Å². The average Bonchev–Trinajstić information content (AvgIpc) is 2.81. The number of nitrogens with zero attached hydrogens (tertiary/aromatic N) is 2. The molecule has 0 atom stereocenters. The van der Waals surface area contributed by atoms with E-state index in [9.17, 15) is 19.8 Å². The number of phenols is 2. The number of carbonyl (C=O) groups excluding carboxylic acids is 2. The average molecular weight is 754 g/mol. The number of aromatic hydroxyl groups is 2. The van der Waals surface area contributed by atoms with Crippen LogP contribution in [0.4, 0.5) is 0 Å². The minimum absolute atomic E-state index is 0.0516. The van der Waals surface area contributed by atoms with Crippen molar-refractivity contribution < 1.29 is 19.8 Å². The molecule has 0 aliphatic rings. The molecular formula is C24H26Br4N4O4. The molecule has 4 N–H and O–H groups in total. The van der Waals surface area contributed by atoms with Crippen molar-refractivity contribution >= 4 is 88.0 Å². The molecule has 2 rings (SSSR count). The third-order valence-electron chi connectivity index (χ3n) is 4.96. The van der Waals surface area contributed by atoms with Crippen molar-refractivity contribution in [1.29, 1.82) is 0 Å². The molecule has 2 amide bonds. The van der Waals surface area contributed by atoms with Gasteiger partial charge >= 0.3 is 0 Å². The van der Waals surface area contributed by atoms with Crippen LogP contribution in [0.25, 0.3) is 0 Å². The lowest BCUT2D eigenvalue weighted by Gasteiger charge is -2.04. The summed E-state index contributed by atoms with van der Waals surface area (Å²) in [7, 11) is 0. The van der Waals surface area contributed by atoms with E-state index in [1.54, 1.807) is 24.3 Å². The molecule has 12 heteroatoms. The van der Waals surface area contributed by atoms with Crippen LogP contribution in [-0.4, -0.2) is 34.5 Å². The number of rotatable bonds is 13. The van der Waals surface area contributed by atoms with Crippen LogP contribution in [0.15, 0.2) is 52.4 Å². The van der Waals surface area contributed by atoms with E-state index in [1.165, 1.54) is 12.4 Å². The van der Waals surface area contributed by atoms with Crippen molar-refractivity contribution in [2.24, 2.45) is 10.2 Å². The Balaban J connectivity index is 1.53. The Hall–Kier alpha value is -1.76. The lowest BCUT2D eigenvalue weighted by molar-refractivity contribution is -0.122.